The van der Waals surface area contributed by atoms with Crippen LogP contribution >= 0.6 is 0 Å². The van der Waals surface area contributed by atoms with Crippen LogP contribution in [0.4, 0.5) is 0 Å². The first kappa shape index (κ1) is 18.2. The van der Waals surface area contributed by atoms with E-state index in [1.54, 1.807) is 0 Å². The van der Waals surface area contributed by atoms with Gasteiger partial charge in [-0.25, -0.2) is 0 Å². The summed E-state index contributed by atoms with van der Waals surface area (Å²) in [6.45, 7) is 17.0. The minimum absolute atomic E-state index is 0.167. The zero-order valence-corrected chi connectivity index (χ0v) is 14.7. The van der Waals surface area contributed by atoms with E-state index in [1.807, 2.05) is 0 Å². The molecule has 1 aromatic carbocycles. The molecule has 0 radical (unpaired) electrons. The predicted octanol–water partition coefficient (Wildman–Crippen LogP) is 3.92. The first-order chi connectivity index (χ1) is 10.1. The molecule has 0 aliphatic rings. The lowest BCUT2D eigenvalue weighted by Gasteiger charge is -2.37. The Balaban J connectivity index is 2.86. The van der Waals surface area contributed by atoms with Crippen molar-refractivity contribution in [3.63, 3.8) is 0 Å². The fourth-order valence-electron chi connectivity index (χ4n) is 2.86. The molecule has 2 heteroatoms. The van der Waals surface area contributed by atoms with Crippen molar-refractivity contribution in [2.75, 3.05) is 32.7 Å². The first-order valence-electron chi connectivity index (χ1n) is 8.54. The summed E-state index contributed by atoms with van der Waals surface area (Å²) in [5, 5.41) is 3.56. The van der Waals surface area contributed by atoms with Crippen molar-refractivity contribution >= 4 is 0 Å². The van der Waals surface area contributed by atoms with Crippen LogP contribution in [-0.2, 0) is 5.41 Å². The molecule has 1 aromatic rings. The average molecular weight is 290 g/mol. The van der Waals surface area contributed by atoms with Gasteiger partial charge < -0.3 is 10.2 Å². The maximum atomic E-state index is 3.56. The van der Waals surface area contributed by atoms with Gasteiger partial charge in [0.1, 0.15) is 0 Å². The fourth-order valence-corrected chi connectivity index (χ4v) is 2.86. The lowest BCUT2D eigenvalue weighted by Crippen LogP contribution is -2.46. The Hall–Kier alpha value is -0.860. The molecular weight excluding hydrogens is 256 g/mol. The van der Waals surface area contributed by atoms with Gasteiger partial charge in [0.2, 0.25) is 0 Å². The molecule has 0 amide bonds. The topological polar surface area (TPSA) is 15.3 Å². The number of nitrogens with zero attached hydrogens (tertiary/aromatic N) is 1. The molecule has 0 aliphatic carbocycles. The molecule has 1 rings (SSSR count). The Labute approximate surface area is 131 Å². The summed E-state index contributed by atoms with van der Waals surface area (Å²) in [6, 6.07) is 11.0. The van der Waals surface area contributed by atoms with E-state index >= 15 is 0 Å². The van der Waals surface area contributed by atoms with Gasteiger partial charge >= 0.3 is 0 Å². The number of nitrogens with one attached hydrogen (secondary N) is 1. The Morgan fingerprint density at radius 1 is 1.14 bits per heavy atom. The van der Waals surface area contributed by atoms with Gasteiger partial charge in [0.15, 0.2) is 0 Å². The second-order valence-electron chi connectivity index (χ2n) is 6.55. The molecule has 0 heterocycles. The standard InChI is InChI=1S/C19H34N2/c1-6-17(4)14-21(8-3)16-19(5,15-20-7-2)18-12-10-9-11-13-18/h9-13,17,20H,6-8,14-16H2,1-5H3. The summed E-state index contributed by atoms with van der Waals surface area (Å²) in [5.41, 5.74) is 1.61. The van der Waals surface area contributed by atoms with Gasteiger partial charge in [-0.3, -0.25) is 0 Å². The van der Waals surface area contributed by atoms with Crippen LogP contribution in [0.5, 0.6) is 0 Å². The Morgan fingerprint density at radius 2 is 1.81 bits per heavy atom. The van der Waals surface area contributed by atoms with Crippen LogP contribution in [-0.4, -0.2) is 37.6 Å². The van der Waals surface area contributed by atoms with Crippen LogP contribution < -0.4 is 5.32 Å². The van der Waals surface area contributed by atoms with Gasteiger partial charge in [-0.15, -0.1) is 0 Å². The van der Waals surface area contributed by atoms with E-state index in [0.29, 0.717) is 0 Å². The zero-order valence-electron chi connectivity index (χ0n) is 14.7. The molecule has 0 spiro atoms. The predicted molar refractivity (Wildman–Crippen MR) is 93.9 cm³/mol. The van der Waals surface area contributed by atoms with Crippen molar-refractivity contribution in [3.8, 4) is 0 Å². The molecule has 0 fully saturated rings. The van der Waals surface area contributed by atoms with Crippen molar-refractivity contribution in [1.82, 2.24) is 10.2 Å². The van der Waals surface area contributed by atoms with E-state index in [0.717, 1.165) is 32.1 Å². The largest absolute Gasteiger partial charge is 0.316 e. The lowest BCUT2D eigenvalue weighted by atomic mass is 9.81. The fraction of sp³-hybridized carbons (Fsp3) is 0.684. The summed E-state index contributed by atoms with van der Waals surface area (Å²) in [6.07, 6.45) is 1.26. The second-order valence-corrected chi connectivity index (χ2v) is 6.55. The van der Waals surface area contributed by atoms with Crippen LogP contribution in [0, 0.1) is 5.92 Å². The van der Waals surface area contributed by atoms with E-state index in [1.165, 1.54) is 18.5 Å². The van der Waals surface area contributed by atoms with Crippen molar-refractivity contribution in [2.24, 2.45) is 5.92 Å². The number of hydrogen-bond donors (Lipinski definition) is 1. The molecular formula is C19H34N2. The molecule has 0 aromatic heterocycles. The molecule has 0 saturated heterocycles. The number of rotatable bonds is 10. The van der Waals surface area contributed by atoms with Crippen LogP contribution in [0.25, 0.3) is 0 Å². The van der Waals surface area contributed by atoms with Crippen molar-refractivity contribution in [2.45, 2.75) is 46.5 Å². The van der Waals surface area contributed by atoms with E-state index in [4.69, 9.17) is 0 Å². The Morgan fingerprint density at radius 3 is 2.33 bits per heavy atom. The number of likely N-dealkylation sites (N-methyl/N-ethyl adjacent to an activating group) is 2. The Kier molecular flexibility index (Phi) is 7.98. The number of hydrogen-bond acceptors (Lipinski definition) is 2. The quantitative estimate of drug-likeness (QED) is 0.702. The number of benzene rings is 1. The monoisotopic (exact) mass is 290 g/mol. The van der Waals surface area contributed by atoms with Crippen LogP contribution in [0.1, 0.15) is 46.6 Å². The molecule has 120 valence electrons. The maximum absolute atomic E-state index is 3.56. The van der Waals surface area contributed by atoms with Crippen LogP contribution in [0.15, 0.2) is 30.3 Å². The third-order valence-corrected chi connectivity index (χ3v) is 4.52. The van der Waals surface area contributed by atoms with Gasteiger partial charge in [0.25, 0.3) is 0 Å². The zero-order chi connectivity index (χ0) is 15.7. The minimum Gasteiger partial charge on any atom is -0.316 e. The third-order valence-electron chi connectivity index (χ3n) is 4.52. The van der Waals surface area contributed by atoms with Gasteiger partial charge in [-0.05, 0) is 24.6 Å². The molecule has 21 heavy (non-hydrogen) atoms. The summed E-state index contributed by atoms with van der Waals surface area (Å²) < 4.78 is 0. The molecule has 2 unspecified atom stereocenters. The third kappa shape index (κ3) is 5.80. The molecule has 2 nitrogen and oxygen atoms in total. The smallest absolute Gasteiger partial charge is 0.0177 e. The highest BCUT2D eigenvalue weighted by atomic mass is 15.1. The normalized spacial score (nSPS) is 15.9. The maximum Gasteiger partial charge on any atom is 0.0177 e. The molecule has 0 saturated carbocycles. The van der Waals surface area contributed by atoms with E-state index in [9.17, 15) is 0 Å². The average Bonchev–Trinajstić information content (AvgIpc) is 2.53. The van der Waals surface area contributed by atoms with Gasteiger partial charge in [0.05, 0.1) is 0 Å². The van der Waals surface area contributed by atoms with E-state index < -0.39 is 0 Å². The van der Waals surface area contributed by atoms with Crippen LogP contribution in [0.3, 0.4) is 0 Å². The molecule has 1 N–H and O–H groups in total. The molecule has 0 bridgehead atoms. The van der Waals surface area contributed by atoms with Crippen LogP contribution in [0.2, 0.25) is 0 Å². The van der Waals surface area contributed by atoms with Crippen molar-refractivity contribution in [3.05, 3.63) is 35.9 Å². The van der Waals surface area contributed by atoms with Gasteiger partial charge in [-0.2, -0.15) is 0 Å². The highest BCUT2D eigenvalue weighted by Gasteiger charge is 2.28. The highest BCUT2D eigenvalue weighted by molar-refractivity contribution is 5.25. The molecule has 0 aliphatic heterocycles. The summed E-state index contributed by atoms with van der Waals surface area (Å²) in [5.74, 6) is 0.768. The van der Waals surface area contributed by atoms with Gasteiger partial charge in [-0.1, -0.05) is 71.4 Å². The molecule has 2 atom stereocenters. The lowest BCUT2D eigenvalue weighted by molar-refractivity contribution is 0.194. The summed E-state index contributed by atoms with van der Waals surface area (Å²) in [4.78, 5) is 2.61. The van der Waals surface area contributed by atoms with Crippen molar-refractivity contribution < 1.29 is 0 Å². The highest BCUT2D eigenvalue weighted by Crippen LogP contribution is 2.25. The minimum atomic E-state index is 0.167. The first-order valence-corrected chi connectivity index (χ1v) is 8.54. The van der Waals surface area contributed by atoms with E-state index in [-0.39, 0.29) is 5.41 Å². The summed E-state index contributed by atoms with van der Waals surface area (Å²) >= 11 is 0. The second kappa shape index (κ2) is 9.22. The summed E-state index contributed by atoms with van der Waals surface area (Å²) in [7, 11) is 0. The van der Waals surface area contributed by atoms with E-state index in [2.05, 4.69) is 75.2 Å². The van der Waals surface area contributed by atoms with Crippen molar-refractivity contribution in [1.29, 1.82) is 0 Å². The van der Waals surface area contributed by atoms with Gasteiger partial charge in [0, 0.05) is 25.0 Å². The Bertz CT molecular complexity index is 376. The SMILES string of the molecule is CCNCC(C)(CN(CC)CC(C)CC)c1ccccc1.